The molecule has 5 nitrogen and oxygen atoms in total. The summed E-state index contributed by atoms with van der Waals surface area (Å²) in [6.45, 7) is 4.98. The molecule has 1 saturated carbocycles. The van der Waals surface area contributed by atoms with E-state index in [1.165, 1.54) is 17.7 Å². The van der Waals surface area contributed by atoms with Gasteiger partial charge in [-0.05, 0) is 73.4 Å². The lowest BCUT2D eigenvalue weighted by Gasteiger charge is -2.43. The third kappa shape index (κ3) is 6.14. The monoisotopic (exact) mass is 561 g/mol. The normalized spacial score (nSPS) is 22.0. The molecule has 2 fully saturated rings. The number of ketones is 1. The van der Waals surface area contributed by atoms with Gasteiger partial charge in [-0.25, -0.2) is 4.39 Å². The molecule has 1 aliphatic heterocycles. The van der Waals surface area contributed by atoms with Gasteiger partial charge in [0.05, 0.1) is 12.0 Å². The lowest BCUT2D eigenvalue weighted by atomic mass is 9.80. The minimum atomic E-state index is -0.658. The van der Waals surface area contributed by atoms with Gasteiger partial charge in [0.25, 0.3) is 0 Å². The maximum absolute atomic E-state index is 13.8. The number of halogens is 2. The quantitative estimate of drug-likeness (QED) is 0.335. The molecule has 5 rings (SSSR count). The molecule has 0 spiro atoms. The van der Waals surface area contributed by atoms with Gasteiger partial charge in [0.2, 0.25) is 5.91 Å². The highest BCUT2D eigenvalue weighted by Crippen LogP contribution is 2.55. The van der Waals surface area contributed by atoms with Crippen molar-refractivity contribution in [3.8, 4) is 0 Å². The topological polar surface area (TPSA) is 61.4 Å². The highest BCUT2D eigenvalue weighted by molar-refractivity contribution is 6.31. The molecule has 7 heteroatoms. The van der Waals surface area contributed by atoms with Gasteiger partial charge in [0.15, 0.2) is 0 Å². The van der Waals surface area contributed by atoms with Crippen LogP contribution in [0, 0.1) is 11.7 Å². The van der Waals surface area contributed by atoms with Crippen LogP contribution in [0.25, 0.3) is 0 Å². The van der Waals surface area contributed by atoms with Gasteiger partial charge >= 0.3 is 0 Å². The highest BCUT2D eigenvalue weighted by Gasteiger charge is 2.61. The van der Waals surface area contributed by atoms with Crippen molar-refractivity contribution in [3.63, 3.8) is 0 Å². The molecular formula is C33H37ClFN3O2. The number of carbonyl (C=O) groups is 2. The number of Topliss-reactive ketones (excluding diaryl/α,β-unsaturated/α-hetero) is 1. The van der Waals surface area contributed by atoms with Crippen molar-refractivity contribution in [1.82, 2.24) is 15.5 Å². The van der Waals surface area contributed by atoms with Crippen LogP contribution in [0.1, 0.15) is 42.9 Å². The van der Waals surface area contributed by atoms with Gasteiger partial charge in [-0.3, -0.25) is 9.59 Å². The van der Waals surface area contributed by atoms with Gasteiger partial charge in [-0.15, -0.1) is 0 Å². The smallest absolute Gasteiger partial charge is 0.231 e. The lowest BCUT2D eigenvalue weighted by Crippen LogP contribution is -2.52. The van der Waals surface area contributed by atoms with Crippen molar-refractivity contribution in [1.29, 1.82) is 0 Å². The molecule has 2 N–H and O–H groups in total. The van der Waals surface area contributed by atoms with E-state index in [-0.39, 0.29) is 29.0 Å². The average molecular weight is 562 g/mol. The molecule has 1 amide bonds. The maximum atomic E-state index is 13.8. The highest BCUT2D eigenvalue weighted by atomic mass is 35.5. The molecule has 3 aromatic carbocycles. The van der Waals surface area contributed by atoms with E-state index in [1.807, 2.05) is 42.5 Å². The number of hydrogen-bond donors (Lipinski definition) is 2. The number of carbonyl (C=O) groups excluding carboxylic acids is 2. The lowest BCUT2D eigenvalue weighted by molar-refractivity contribution is -0.124. The van der Waals surface area contributed by atoms with Gasteiger partial charge in [-0.1, -0.05) is 72.3 Å². The molecular weight excluding hydrogens is 525 g/mol. The zero-order valence-electron chi connectivity index (χ0n) is 23.0. The standard InChI is InChI=1S/C33H37ClFN3O2/c1-24(39)22-37-32(26-8-3-2-4-9-26)16-19-38(20-17-32)23-28-21-33(28,27-11-13-29(35)14-12-27)31(40)36-18-15-25-7-5-6-10-30(25)34/h2-14,28,37H,15-23H2,1H3,(H,36,40). The van der Waals surface area contributed by atoms with Crippen LogP contribution in [0.2, 0.25) is 5.02 Å². The summed E-state index contributed by atoms with van der Waals surface area (Å²) in [6, 6.07) is 24.4. The molecule has 2 unspecified atom stereocenters. The first-order valence-corrected chi connectivity index (χ1v) is 14.5. The van der Waals surface area contributed by atoms with Crippen LogP contribution in [0.15, 0.2) is 78.9 Å². The fraction of sp³-hybridized carbons (Fsp3) is 0.394. The largest absolute Gasteiger partial charge is 0.355 e. The summed E-state index contributed by atoms with van der Waals surface area (Å²) >= 11 is 6.30. The summed E-state index contributed by atoms with van der Waals surface area (Å²) in [5, 5.41) is 7.41. The molecule has 3 aromatic rings. The number of rotatable bonds is 11. The van der Waals surface area contributed by atoms with Gasteiger partial charge in [-0.2, -0.15) is 0 Å². The molecule has 0 aromatic heterocycles. The summed E-state index contributed by atoms with van der Waals surface area (Å²) in [5.74, 6) is -0.0375. The first kappa shape index (κ1) is 28.5. The fourth-order valence-electron chi connectivity index (χ4n) is 6.28. The van der Waals surface area contributed by atoms with E-state index in [4.69, 9.17) is 11.6 Å². The van der Waals surface area contributed by atoms with Gasteiger partial charge in [0, 0.05) is 36.7 Å². The number of likely N-dealkylation sites (tertiary alicyclic amines) is 1. The van der Waals surface area contributed by atoms with Crippen molar-refractivity contribution in [3.05, 3.63) is 106 Å². The van der Waals surface area contributed by atoms with E-state index in [0.29, 0.717) is 24.5 Å². The average Bonchev–Trinajstić information content (AvgIpc) is 3.69. The van der Waals surface area contributed by atoms with Gasteiger partial charge < -0.3 is 15.5 Å². The Morgan fingerprint density at radius 3 is 2.30 bits per heavy atom. The second-order valence-corrected chi connectivity index (χ2v) is 11.7. The van der Waals surface area contributed by atoms with Crippen LogP contribution in [-0.2, 0) is 27.0 Å². The number of benzene rings is 3. The number of piperidine rings is 1. The SMILES string of the molecule is CC(=O)CNC1(c2ccccc2)CCN(CC2CC2(C(=O)NCCc2ccccc2Cl)c2ccc(F)cc2)CC1. The van der Waals surface area contributed by atoms with Crippen LogP contribution in [-0.4, -0.2) is 49.3 Å². The van der Waals surface area contributed by atoms with Crippen LogP contribution in [0.5, 0.6) is 0 Å². The Labute approximate surface area is 241 Å². The molecule has 1 heterocycles. The summed E-state index contributed by atoms with van der Waals surface area (Å²) in [7, 11) is 0. The Morgan fingerprint density at radius 2 is 1.62 bits per heavy atom. The number of amides is 1. The first-order chi connectivity index (χ1) is 19.3. The molecule has 1 saturated heterocycles. The third-order valence-corrected chi connectivity index (χ3v) is 9.07. The second-order valence-electron chi connectivity index (χ2n) is 11.3. The second kappa shape index (κ2) is 12.2. The summed E-state index contributed by atoms with van der Waals surface area (Å²) < 4.78 is 13.8. The third-order valence-electron chi connectivity index (χ3n) is 8.70. The predicted molar refractivity (Wildman–Crippen MR) is 157 cm³/mol. The zero-order chi connectivity index (χ0) is 28.2. The molecule has 1 aliphatic carbocycles. The predicted octanol–water partition coefficient (Wildman–Crippen LogP) is 5.27. The van der Waals surface area contributed by atoms with Crippen molar-refractivity contribution in [2.24, 2.45) is 5.92 Å². The molecule has 210 valence electrons. The summed E-state index contributed by atoms with van der Waals surface area (Å²) in [5.41, 5.74) is 2.18. The van der Waals surface area contributed by atoms with Crippen molar-refractivity contribution >= 4 is 23.3 Å². The summed E-state index contributed by atoms with van der Waals surface area (Å²) in [6.07, 6.45) is 3.14. The molecule has 0 bridgehead atoms. The Bertz CT molecular complexity index is 1330. The molecule has 40 heavy (non-hydrogen) atoms. The number of hydrogen-bond acceptors (Lipinski definition) is 4. The summed E-state index contributed by atoms with van der Waals surface area (Å²) in [4.78, 5) is 27.9. The number of nitrogens with one attached hydrogen (secondary N) is 2. The van der Waals surface area contributed by atoms with E-state index in [0.717, 1.165) is 50.0 Å². The fourth-order valence-corrected chi connectivity index (χ4v) is 6.51. The Kier molecular flexibility index (Phi) is 8.69. The van der Waals surface area contributed by atoms with Crippen LogP contribution < -0.4 is 10.6 Å². The van der Waals surface area contributed by atoms with E-state index < -0.39 is 5.41 Å². The Hall–Kier alpha value is -3.06. The van der Waals surface area contributed by atoms with E-state index in [9.17, 15) is 14.0 Å². The van der Waals surface area contributed by atoms with Crippen LogP contribution in [0.3, 0.4) is 0 Å². The van der Waals surface area contributed by atoms with Crippen LogP contribution in [0.4, 0.5) is 4.39 Å². The van der Waals surface area contributed by atoms with E-state index >= 15 is 0 Å². The minimum absolute atomic E-state index is 0.00470. The van der Waals surface area contributed by atoms with Crippen molar-refractivity contribution in [2.45, 2.75) is 43.6 Å². The van der Waals surface area contributed by atoms with Crippen molar-refractivity contribution in [2.75, 3.05) is 32.7 Å². The van der Waals surface area contributed by atoms with Crippen molar-refractivity contribution < 1.29 is 14.0 Å². The van der Waals surface area contributed by atoms with Crippen LogP contribution >= 0.6 is 11.6 Å². The Balaban J connectivity index is 1.26. The minimum Gasteiger partial charge on any atom is -0.355 e. The van der Waals surface area contributed by atoms with E-state index in [2.05, 4.69) is 27.7 Å². The zero-order valence-corrected chi connectivity index (χ0v) is 23.7. The Morgan fingerprint density at radius 1 is 0.950 bits per heavy atom. The van der Waals surface area contributed by atoms with E-state index in [1.54, 1.807) is 19.1 Å². The number of nitrogens with zero attached hydrogens (tertiary/aromatic N) is 1. The molecule has 0 radical (unpaired) electrons. The molecule has 2 aliphatic rings. The van der Waals surface area contributed by atoms with Gasteiger partial charge in [0.1, 0.15) is 11.6 Å². The maximum Gasteiger partial charge on any atom is 0.231 e. The first-order valence-electron chi connectivity index (χ1n) is 14.1. The molecule has 2 atom stereocenters.